The van der Waals surface area contributed by atoms with Crippen molar-refractivity contribution >= 4 is 282 Å². The molecule has 396 valence electrons. The molecule has 0 aromatic carbocycles. The molecule has 0 saturated carbocycles. The molecule has 0 fully saturated rings. The molecule has 10 aliphatic rings. The molecule has 0 radical (unpaired) electrons. The SMILES string of the molecule is C1COCCSC2=C(SCCOCCOCCSC3=C(SCCOCCOCCSC4=C(SCCO1)SC(=C1SC5=C(SCCS5)S1)S4)SC(=C1SC4=C(SCCS4)S1)S3)SC(=C1SC3=C(SCCS3)S1)S2. The molecule has 0 aromatic rings. The van der Waals surface area contributed by atoms with Gasteiger partial charge in [-0.15, -0.1) is 141 Å². The summed E-state index contributed by atoms with van der Waals surface area (Å²) in [6.07, 6.45) is 0. The van der Waals surface area contributed by atoms with Crippen molar-refractivity contribution in [2.75, 3.05) is 148 Å². The minimum Gasteiger partial charge on any atom is -0.378 e. The summed E-state index contributed by atoms with van der Waals surface area (Å²) < 4.78 is 62.8. The molecule has 72 heavy (non-hydrogen) atoms. The van der Waals surface area contributed by atoms with Crippen LogP contribution >= 0.6 is 282 Å². The van der Waals surface area contributed by atoms with Gasteiger partial charge in [-0.25, -0.2) is 0 Å². The highest BCUT2D eigenvalue weighted by molar-refractivity contribution is 8.48. The summed E-state index contributed by atoms with van der Waals surface area (Å²) in [5.74, 6) is 12.8. The normalized spacial score (nSPS) is 27.0. The molecule has 0 spiro atoms. The first kappa shape index (κ1) is 60.9. The fourth-order valence-electron chi connectivity index (χ4n) is 6.13. The Morgan fingerprint density at radius 1 is 0.139 bits per heavy atom. The summed E-state index contributed by atoms with van der Waals surface area (Å²) in [7, 11) is 0. The Labute approximate surface area is 527 Å². The number of hydrogen-bond acceptors (Lipinski definition) is 30. The van der Waals surface area contributed by atoms with Crippen LogP contribution in [0.15, 0.2) is 76.3 Å². The van der Waals surface area contributed by atoms with Crippen molar-refractivity contribution in [2.24, 2.45) is 0 Å². The minimum atomic E-state index is 0.618. The molecule has 0 amide bonds. The molecule has 0 unspecified atom stereocenters. The fraction of sp³-hybridized carbons (Fsp3) is 0.571. The summed E-state index contributed by atoms with van der Waals surface area (Å²) in [6.45, 7) is 7.96. The maximum absolute atomic E-state index is 6.11. The summed E-state index contributed by atoms with van der Waals surface area (Å²) in [6, 6.07) is 0. The van der Waals surface area contributed by atoms with Crippen LogP contribution in [0.2, 0.25) is 0 Å². The average molecular weight is 1420 g/mol. The van der Waals surface area contributed by atoms with Gasteiger partial charge in [0.05, 0.1) is 156 Å². The lowest BCUT2D eigenvalue weighted by Gasteiger charge is -2.09. The van der Waals surface area contributed by atoms with Gasteiger partial charge in [-0.3, -0.25) is 0 Å². The number of thioether (sulfide) groups is 24. The van der Waals surface area contributed by atoms with Crippen molar-refractivity contribution in [3.63, 3.8) is 0 Å². The summed E-state index contributed by atoms with van der Waals surface area (Å²) in [5.41, 5.74) is 0. The van der Waals surface area contributed by atoms with Crippen molar-refractivity contribution in [1.29, 1.82) is 0 Å². The number of ether oxygens (including phenoxy) is 6. The Hall–Kier alpha value is 5.82. The summed E-state index contributed by atoms with van der Waals surface area (Å²) in [4.78, 5) is 0. The Morgan fingerprint density at radius 3 is 0.403 bits per heavy atom. The summed E-state index contributed by atoms with van der Waals surface area (Å²) >= 11 is 47.5. The standard InChI is InChI=1S/C42H48O6S24/c1-2-44-8-14-50-27-28(64-38(63-27)41-69-33-34(70-41)58-22-21-57-33)52-16-10-46-5-6-48-12-18-54-30-29(65-39(66-30)42-71-35-36(72-42)60-24-23-59-35)53-17-11-47-4-3-45-9-15-51-26-25(49-13-7-43-1)61-37(62-26)40-67-31-32(68-40)56-20-19-55-31/h1-24H2. The quantitative estimate of drug-likeness (QED) is 0.231. The van der Waals surface area contributed by atoms with E-state index in [0.29, 0.717) is 79.3 Å². The zero-order chi connectivity index (χ0) is 48.6. The van der Waals surface area contributed by atoms with Crippen LogP contribution in [-0.4, -0.2) is 148 Å². The van der Waals surface area contributed by atoms with E-state index in [4.69, 9.17) is 28.4 Å². The maximum atomic E-state index is 6.11. The fourth-order valence-corrected chi connectivity index (χ4v) is 42.0. The van der Waals surface area contributed by atoms with Crippen LogP contribution in [-0.2, 0) is 28.4 Å². The first-order valence-electron chi connectivity index (χ1n) is 22.5. The summed E-state index contributed by atoms with van der Waals surface area (Å²) in [5, 5.41) is 0. The van der Waals surface area contributed by atoms with E-state index in [2.05, 4.69) is 0 Å². The molecule has 10 rings (SSSR count). The molecular formula is C42H48O6S24. The lowest BCUT2D eigenvalue weighted by atomic mass is 10.7. The molecule has 0 aliphatic carbocycles. The molecule has 0 bridgehead atoms. The molecule has 30 heteroatoms. The highest BCUT2D eigenvalue weighted by atomic mass is 32.3. The van der Waals surface area contributed by atoms with E-state index in [9.17, 15) is 0 Å². The predicted octanol–water partition coefficient (Wildman–Crippen LogP) is 19.0. The highest BCUT2D eigenvalue weighted by Gasteiger charge is 2.35. The van der Waals surface area contributed by atoms with E-state index in [1.165, 1.54) is 111 Å². The topological polar surface area (TPSA) is 55.4 Å². The van der Waals surface area contributed by atoms with Crippen molar-refractivity contribution < 1.29 is 28.4 Å². The first-order valence-corrected chi connectivity index (χ1v) is 44.2. The third-order valence-corrected chi connectivity index (χ3v) is 44.5. The van der Waals surface area contributed by atoms with Gasteiger partial charge in [0.15, 0.2) is 0 Å². The van der Waals surface area contributed by atoms with Crippen molar-refractivity contribution in [3.05, 3.63) is 76.3 Å². The third-order valence-electron chi connectivity index (χ3n) is 9.25. The van der Waals surface area contributed by atoms with Gasteiger partial charge >= 0.3 is 0 Å². The Morgan fingerprint density at radius 2 is 0.264 bits per heavy atom. The molecule has 10 heterocycles. The molecule has 0 aromatic heterocycles. The van der Waals surface area contributed by atoms with E-state index < -0.39 is 0 Å². The van der Waals surface area contributed by atoms with Gasteiger partial charge in [0.2, 0.25) is 0 Å². The van der Waals surface area contributed by atoms with Crippen molar-refractivity contribution in [1.82, 2.24) is 0 Å². The molecule has 6 nitrogen and oxygen atoms in total. The van der Waals surface area contributed by atoms with Gasteiger partial charge in [0.1, 0.15) is 0 Å². The zero-order valence-electron chi connectivity index (χ0n) is 38.2. The number of hydrogen-bond donors (Lipinski definition) is 0. The molecule has 10 aliphatic heterocycles. The van der Waals surface area contributed by atoms with Gasteiger partial charge in [0, 0.05) is 69.0 Å². The lowest BCUT2D eigenvalue weighted by molar-refractivity contribution is 0.0605. The van der Waals surface area contributed by atoms with E-state index >= 15 is 0 Å². The first-order chi connectivity index (χ1) is 35.7. The largest absolute Gasteiger partial charge is 0.378 e. The van der Waals surface area contributed by atoms with E-state index in [1.807, 2.05) is 282 Å². The van der Waals surface area contributed by atoms with Gasteiger partial charge in [0.25, 0.3) is 0 Å². The molecular weight excluding hydrogens is 1370 g/mol. The van der Waals surface area contributed by atoms with Crippen LogP contribution in [0.25, 0.3) is 0 Å². The second-order valence-corrected chi connectivity index (χ2v) is 44.4. The van der Waals surface area contributed by atoms with Crippen LogP contribution < -0.4 is 0 Å². The van der Waals surface area contributed by atoms with Crippen LogP contribution in [0, 0.1) is 0 Å². The number of rotatable bonds is 0. The van der Waals surface area contributed by atoms with Gasteiger partial charge in [-0.2, -0.15) is 0 Å². The smallest absolute Gasteiger partial charge is 0.0717 e. The Bertz CT molecular complexity index is 1860. The third kappa shape index (κ3) is 18.9. The maximum Gasteiger partial charge on any atom is 0.0717 e. The average Bonchev–Trinajstić information content (AvgIpc) is 4.27. The Balaban J connectivity index is 0.726. The van der Waals surface area contributed by atoms with E-state index in [1.54, 1.807) is 0 Å². The van der Waals surface area contributed by atoms with Gasteiger partial charge in [-0.1, -0.05) is 141 Å². The van der Waals surface area contributed by atoms with Crippen LogP contribution in [0.4, 0.5) is 0 Å². The van der Waals surface area contributed by atoms with Gasteiger partial charge < -0.3 is 28.4 Å². The van der Waals surface area contributed by atoms with Crippen LogP contribution in [0.1, 0.15) is 0 Å². The van der Waals surface area contributed by atoms with Crippen LogP contribution in [0.3, 0.4) is 0 Å². The van der Waals surface area contributed by atoms with E-state index in [-0.39, 0.29) is 0 Å². The van der Waals surface area contributed by atoms with Crippen LogP contribution in [0.5, 0.6) is 0 Å². The van der Waals surface area contributed by atoms with Gasteiger partial charge in [-0.05, 0) is 0 Å². The zero-order valence-corrected chi connectivity index (χ0v) is 57.8. The highest BCUT2D eigenvalue weighted by Crippen LogP contribution is 2.70. The minimum absolute atomic E-state index is 0.618. The molecule has 0 N–H and O–H groups in total. The van der Waals surface area contributed by atoms with Crippen molar-refractivity contribution in [2.45, 2.75) is 0 Å². The lowest BCUT2D eigenvalue weighted by Crippen LogP contribution is -2.08. The second kappa shape index (κ2) is 34.1. The molecule has 0 atom stereocenters. The monoisotopic (exact) mass is 1420 g/mol. The van der Waals surface area contributed by atoms with Crippen molar-refractivity contribution in [3.8, 4) is 0 Å². The molecule has 0 saturated heterocycles. The second-order valence-electron chi connectivity index (χ2n) is 14.3. The Kier molecular flexibility index (Phi) is 28.8. The predicted molar refractivity (Wildman–Crippen MR) is 369 cm³/mol. The van der Waals surface area contributed by atoms with E-state index in [0.717, 1.165) is 34.5 Å².